The van der Waals surface area contributed by atoms with Crippen LogP contribution < -0.4 is 10.5 Å². The van der Waals surface area contributed by atoms with Crippen molar-refractivity contribution in [3.05, 3.63) is 44.4 Å². The Hall–Kier alpha value is -1.10. The molecule has 1 aromatic heterocycles. The van der Waals surface area contributed by atoms with E-state index in [-0.39, 0.29) is 6.04 Å². The van der Waals surface area contributed by atoms with Crippen molar-refractivity contribution < 1.29 is 4.74 Å². The number of nitrogens with zero attached hydrogens (tertiary/aromatic N) is 1. The topological polar surface area (TPSA) is 48.1 Å². The summed E-state index contributed by atoms with van der Waals surface area (Å²) in [6.07, 6.45) is 0.911. The van der Waals surface area contributed by atoms with Crippen LogP contribution in [0.3, 0.4) is 0 Å². The maximum absolute atomic E-state index is 6.31. The van der Waals surface area contributed by atoms with Gasteiger partial charge in [-0.1, -0.05) is 24.6 Å². The third-order valence-electron chi connectivity index (χ3n) is 3.05. The van der Waals surface area contributed by atoms with Crippen molar-refractivity contribution in [2.24, 2.45) is 5.73 Å². The summed E-state index contributed by atoms with van der Waals surface area (Å²) in [4.78, 5) is 5.81. The molecule has 5 heteroatoms. The van der Waals surface area contributed by atoms with Crippen LogP contribution in [0.15, 0.2) is 18.2 Å². The van der Waals surface area contributed by atoms with Gasteiger partial charge in [-0.25, -0.2) is 4.98 Å². The average Bonchev–Trinajstić information content (AvgIpc) is 2.79. The van der Waals surface area contributed by atoms with Gasteiger partial charge in [-0.15, -0.1) is 11.3 Å². The van der Waals surface area contributed by atoms with Crippen LogP contribution in [0.25, 0.3) is 0 Å². The molecule has 0 amide bonds. The van der Waals surface area contributed by atoms with Crippen molar-refractivity contribution in [3.63, 3.8) is 0 Å². The molecule has 1 atom stereocenters. The monoisotopic (exact) mass is 296 g/mol. The van der Waals surface area contributed by atoms with Crippen molar-refractivity contribution in [3.8, 4) is 5.75 Å². The highest BCUT2D eigenvalue weighted by Gasteiger charge is 2.21. The fourth-order valence-corrected chi connectivity index (χ4v) is 3.34. The molecule has 2 N–H and O–H groups in total. The molecule has 1 aromatic carbocycles. The van der Waals surface area contributed by atoms with Crippen LogP contribution >= 0.6 is 22.9 Å². The SMILES string of the molecule is CCc1nc(C(N)c2c(Cl)cccc2OC)sc1C. The summed E-state index contributed by atoms with van der Waals surface area (Å²) >= 11 is 7.87. The van der Waals surface area contributed by atoms with E-state index >= 15 is 0 Å². The number of ether oxygens (including phenoxy) is 1. The molecule has 2 aromatic rings. The maximum Gasteiger partial charge on any atom is 0.125 e. The van der Waals surface area contributed by atoms with E-state index in [0.29, 0.717) is 10.8 Å². The molecule has 19 heavy (non-hydrogen) atoms. The van der Waals surface area contributed by atoms with E-state index in [2.05, 4.69) is 18.8 Å². The maximum atomic E-state index is 6.31. The van der Waals surface area contributed by atoms with Gasteiger partial charge in [-0.05, 0) is 25.5 Å². The highest BCUT2D eigenvalue weighted by molar-refractivity contribution is 7.11. The van der Waals surface area contributed by atoms with Gasteiger partial charge in [0.1, 0.15) is 10.8 Å². The summed E-state index contributed by atoms with van der Waals surface area (Å²) in [6.45, 7) is 4.16. The van der Waals surface area contributed by atoms with E-state index < -0.39 is 0 Å². The Morgan fingerprint density at radius 3 is 2.79 bits per heavy atom. The molecule has 102 valence electrons. The molecule has 0 aliphatic carbocycles. The first-order valence-corrected chi connectivity index (χ1v) is 7.32. The lowest BCUT2D eigenvalue weighted by atomic mass is 10.1. The molecule has 0 fully saturated rings. The molecule has 3 nitrogen and oxygen atoms in total. The number of halogens is 1. The lowest BCUT2D eigenvalue weighted by Crippen LogP contribution is -2.13. The predicted molar refractivity (Wildman–Crippen MR) is 80.3 cm³/mol. The van der Waals surface area contributed by atoms with Crippen LogP contribution in [-0.4, -0.2) is 12.1 Å². The number of aryl methyl sites for hydroxylation is 2. The van der Waals surface area contributed by atoms with E-state index in [4.69, 9.17) is 22.1 Å². The van der Waals surface area contributed by atoms with Crippen LogP contribution in [0.1, 0.15) is 34.1 Å². The lowest BCUT2D eigenvalue weighted by Gasteiger charge is -2.15. The zero-order valence-electron chi connectivity index (χ0n) is 11.2. The van der Waals surface area contributed by atoms with E-state index in [0.717, 1.165) is 22.7 Å². The van der Waals surface area contributed by atoms with Crippen molar-refractivity contribution >= 4 is 22.9 Å². The van der Waals surface area contributed by atoms with Gasteiger partial charge in [-0.2, -0.15) is 0 Å². The number of benzene rings is 1. The number of methoxy groups -OCH3 is 1. The first kappa shape index (κ1) is 14.3. The Balaban J connectivity index is 2.46. The lowest BCUT2D eigenvalue weighted by molar-refractivity contribution is 0.408. The summed E-state index contributed by atoms with van der Waals surface area (Å²) in [6, 6.07) is 5.18. The largest absolute Gasteiger partial charge is 0.496 e. The van der Waals surface area contributed by atoms with Crippen LogP contribution in [0.2, 0.25) is 5.02 Å². The zero-order valence-corrected chi connectivity index (χ0v) is 12.8. The molecule has 0 aliphatic heterocycles. The van der Waals surface area contributed by atoms with Gasteiger partial charge in [0.15, 0.2) is 0 Å². The van der Waals surface area contributed by atoms with E-state index in [1.165, 1.54) is 4.88 Å². The Morgan fingerprint density at radius 2 is 2.21 bits per heavy atom. The minimum absolute atomic E-state index is 0.354. The van der Waals surface area contributed by atoms with Gasteiger partial charge in [0.25, 0.3) is 0 Å². The van der Waals surface area contributed by atoms with Gasteiger partial charge < -0.3 is 10.5 Å². The average molecular weight is 297 g/mol. The Kier molecular flexibility index (Phi) is 4.45. The first-order chi connectivity index (χ1) is 9.08. The third-order valence-corrected chi connectivity index (χ3v) is 4.48. The van der Waals surface area contributed by atoms with Crippen LogP contribution in [0, 0.1) is 6.92 Å². The fraction of sp³-hybridized carbons (Fsp3) is 0.357. The van der Waals surface area contributed by atoms with E-state index in [9.17, 15) is 0 Å². The van der Waals surface area contributed by atoms with Gasteiger partial charge in [0, 0.05) is 15.5 Å². The number of thiazole rings is 1. The number of hydrogen-bond acceptors (Lipinski definition) is 4. The molecular weight excluding hydrogens is 280 g/mol. The summed E-state index contributed by atoms with van der Waals surface area (Å²) in [7, 11) is 1.62. The summed E-state index contributed by atoms with van der Waals surface area (Å²) in [5, 5.41) is 1.48. The molecule has 0 saturated heterocycles. The Labute approximate surface area is 122 Å². The number of rotatable bonds is 4. The second-order valence-electron chi connectivity index (χ2n) is 4.24. The van der Waals surface area contributed by atoms with E-state index in [1.54, 1.807) is 18.4 Å². The number of hydrogen-bond donors (Lipinski definition) is 1. The standard InChI is InChI=1S/C14H17ClN2OS/c1-4-10-8(2)19-14(17-10)13(16)12-9(15)6-5-7-11(12)18-3/h5-7,13H,4,16H2,1-3H3. The zero-order chi connectivity index (χ0) is 14.0. The predicted octanol–water partition coefficient (Wildman–Crippen LogP) is 3.72. The highest BCUT2D eigenvalue weighted by Crippen LogP contribution is 2.36. The third kappa shape index (κ3) is 2.76. The summed E-state index contributed by atoms with van der Waals surface area (Å²) in [5.74, 6) is 0.700. The summed E-state index contributed by atoms with van der Waals surface area (Å²) < 4.78 is 5.34. The molecule has 0 saturated carbocycles. The molecule has 0 spiro atoms. The Bertz CT molecular complexity index is 583. The van der Waals surface area contributed by atoms with Crippen molar-refractivity contribution in [1.82, 2.24) is 4.98 Å². The number of aromatic nitrogens is 1. The molecule has 1 unspecified atom stereocenters. The minimum Gasteiger partial charge on any atom is -0.496 e. The summed E-state index contributed by atoms with van der Waals surface area (Å²) in [5.41, 5.74) is 8.21. The molecule has 0 aliphatic rings. The molecular formula is C14H17ClN2OS. The molecule has 1 heterocycles. The van der Waals surface area contributed by atoms with Crippen LogP contribution in [0.5, 0.6) is 5.75 Å². The molecule has 0 bridgehead atoms. The van der Waals surface area contributed by atoms with Gasteiger partial charge in [-0.3, -0.25) is 0 Å². The van der Waals surface area contributed by atoms with Gasteiger partial charge >= 0.3 is 0 Å². The normalized spacial score (nSPS) is 12.5. The van der Waals surface area contributed by atoms with Crippen LogP contribution in [-0.2, 0) is 6.42 Å². The Morgan fingerprint density at radius 1 is 1.47 bits per heavy atom. The highest BCUT2D eigenvalue weighted by atomic mass is 35.5. The molecule has 0 radical (unpaired) electrons. The smallest absolute Gasteiger partial charge is 0.125 e. The number of nitrogens with two attached hydrogens (primary N) is 1. The quantitative estimate of drug-likeness (QED) is 0.935. The van der Waals surface area contributed by atoms with Crippen LogP contribution in [0.4, 0.5) is 0 Å². The molecule has 2 rings (SSSR count). The van der Waals surface area contributed by atoms with Crippen molar-refractivity contribution in [2.45, 2.75) is 26.3 Å². The van der Waals surface area contributed by atoms with Crippen molar-refractivity contribution in [2.75, 3.05) is 7.11 Å². The first-order valence-electron chi connectivity index (χ1n) is 6.12. The fourth-order valence-electron chi connectivity index (χ4n) is 2.03. The van der Waals surface area contributed by atoms with Gasteiger partial charge in [0.05, 0.1) is 18.8 Å². The van der Waals surface area contributed by atoms with E-state index in [1.807, 2.05) is 18.2 Å². The second kappa shape index (κ2) is 5.90. The second-order valence-corrected chi connectivity index (χ2v) is 5.88. The van der Waals surface area contributed by atoms with Gasteiger partial charge in [0.2, 0.25) is 0 Å². The minimum atomic E-state index is -0.354. The van der Waals surface area contributed by atoms with Crippen molar-refractivity contribution in [1.29, 1.82) is 0 Å².